The van der Waals surface area contributed by atoms with Gasteiger partial charge in [0, 0.05) is 25.9 Å². The lowest BCUT2D eigenvalue weighted by atomic mass is 9.85. The lowest BCUT2D eigenvalue weighted by Crippen LogP contribution is -2.24. The predicted octanol–water partition coefficient (Wildman–Crippen LogP) is 1.99. The molecule has 0 atom stereocenters. The first-order chi connectivity index (χ1) is 7.05. The summed E-state index contributed by atoms with van der Waals surface area (Å²) in [6, 6.07) is 0. The molecule has 1 N–H and O–H groups in total. The second-order valence-corrected chi connectivity index (χ2v) is 4.90. The highest BCUT2D eigenvalue weighted by Gasteiger charge is 2.19. The Labute approximate surface area is 92.9 Å². The van der Waals surface area contributed by atoms with Gasteiger partial charge in [0.1, 0.15) is 5.82 Å². The molecule has 1 aromatic heterocycles. The summed E-state index contributed by atoms with van der Waals surface area (Å²) in [5.74, 6) is 1.18. The number of nitrogens with zero attached hydrogens (tertiary/aromatic N) is 2. The van der Waals surface area contributed by atoms with Crippen molar-refractivity contribution >= 4 is 0 Å². The molecule has 1 aromatic rings. The second-order valence-electron chi connectivity index (χ2n) is 4.90. The van der Waals surface area contributed by atoms with Gasteiger partial charge in [-0.05, 0) is 24.9 Å². The maximum absolute atomic E-state index is 4.37. The third-order valence-electron chi connectivity index (χ3n) is 2.79. The van der Waals surface area contributed by atoms with Gasteiger partial charge in [-0.15, -0.1) is 0 Å². The molecule has 0 amide bonds. The van der Waals surface area contributed by atoms with Crippen molar-refractivity contribution in [3.8, 4) is 0 Å². The molecule has 0 unspecified atom stereocenters. The Hall–Kier alpha value is -0.830. The van der Waals surface area contributed by atoms with E-state index in [4.69, 9.17) is 0 Å². The molecule has 0 saturated heterocycles. The van der Waals surface area contributed by atoms with E-state index in [0.29, 0.717) is 5.41 Å². The fourth-order valence-electron chi connectivity index (χ4n) is 1.69. The van der Waals surface area contributed by atoms with Gasteiger partial charge >= 0.3 is 0 Å². The number of imidazole rings is 1. The van der Waals surface area contributed by atoms with Crippen LogP contribution in [0.5, 0.6) is 0 Å². The van der Waals surface area contributed by atoms with Gasteiger partial charge in [0.25, 0.3) is 0 Å². The molecular weight excluding hydrogens is 186 g/mol. The zero-order valence-corrected chi connectivity index (χ0v) is 10.4. The number of nitrogens with one attached hydrogen (secondary N) is 1. The van der Waals surface area contributed by atoms with Gasteiger partial charge in [0.05, 0.1) is 0 Å². The van der Waals surface area contributed by atoms with Crippen LogP contribution in [0.2, 0.25) is 0 Å². The summed E-state index contributed by atoms with van der Waals surface area (Å²) in [7, 11) is 2.06. The summed E-state index contributed by atoms with van der Waals surface area (Å²) >= 11 is 0. The highest BCUT2D eigenvalue weighted by atomic mass is 15.0. The standard InChI is InChI=1S/C12H23N3/c1-5-13-7-6-12(2,3)10-11-14-8-9-15(11)4/h8-9,13H,5-7,10H2,1-4H3. The third-order valence-corrected chi connectivity index (χ3v) is 2.79. The van der Waals surface area contributed by atoms with Gasteiger partial charge in [-0.1, -0.05) is 20.8 Å². The zero-order chi connectivity index (χ0) is 11.3. The number of aryl methyl sites for hydroxylation is 1. The van der Waals surface area contributed by atoms with Crippen LogP contribution < -0.4 is 5.32 Å². The van der Waals surface area contributed by atoms with Crippen molar-refractivity contribution in [1.82, 2.24) is 14.9 Å². The molecule has 0 aliphatic heterocycles. The Morgan fingerprint density at radius 2 is 2.20 bits per heavy atom. The van der Waals surface area contributed by atoms with Crippen LogP contribution in [0.25, 0.3) is 0 Å². The average molecular weight is 209 g/mol. The van der Waals surface area contributed by atoms with Crippen molar-refractivity contribution in [2.75, 3.05) is 13.1 Å². The summed E-state index contributed by atoms with van der Waals surface area (Å²) in [4.78, 5) is 4.37. The van der Waals surface area contributed by atoms with Crippen LogP contribution in [-0.2, 0) is 13.5 Å². The molecule has 3 heteroatoms. The van der Waals surface area contributed by atoms with Crippen LogP contribution >= 0.6 is 0 Å². The quantitative estimate of drug-likeness (QED) is 0.726. The van der Waals surface area contributed by atoms with Crippen molar-refractivity contribution in [2.24, 2.45) is 12.5 Å². The summed E-state index contributed by atoms with van der Waals surface area (Å²) in [5.41, 5.74) is 0.321. The Kier molecular flexibility index (Phi) is 4.33. The minimum atomic E-state index is 0.321. The summed E-state index contributed by atoms with van der Waals surface area (Å²) < 4.78 is 2.11. The molecule has 0 aromatic carbocycles. The van der Waals surface area contributed by atoms with Crippen LogP contribution in [0.4, 0.5) is 0 Å². The summed E-state index contributed by atoms with van der Waals surface area (Å²) in [6.07, 6.45) is 6.11. The fourth-order valence-corrected chi connectivity index (χ4v) is 1.69. The van der Waals surface area contributed by atoms with E-state index in [1.807, 2.05) is 12.4 Å². The van der Waals surface area contributed by atoms with Gasteiger partial charge < -0.3 is 9.88 Å². The second kappa shape index (κ2) is 5.31. The van der Waals surface area contributed by atoms with Crippen LogP contribution in [-0.4, -0.2) is 22.6 Å². The normalized spacial score (nSPS) is 12.0. The summed E-state index contributed by atoms with van der Waals surface area (Å²) in [6.45, 7) is 8.90. The van der Waals surface area contributed by atoms with Crippen molar-refractivity contribution in [3.63, 3.8) is 0 Å². The van der Waals surface area contributed by atoms with E-state index in [1.54, 1.807) is 0 Å². The molecule has 0 aliphatic rings. The minimum absolute atomic E-state index is 0.321. The van der Waals surface area contributed by atoms with Crippen molar-refractivity contribution in [2.45, 2.75) is 33.6 Å². The van der Waals surface area contributed by atoms with E-state index in [0.717, 1.165) is 19.5 Å². The smallest absolute Gasteiger partial charge is 0.108 e. The maximum Gasteiger partial charge on any atom is 0.108 e. The highest BCUT2D eigenvalue weighted by Crippen LogP contribution is 2.24. The largest absolute Gasteiger partial charge is 0.338 e. The lowest BCUT2D eigenvalue weighted by Gasteiger charge is -2.24. The van der Waals surface area contributed by atoms with Crippen molar-refractivity contribution in [3.05, 3.63) is 18.2 Å². The molecule has 0 fully saturated rings. The van der Waals surface area contributed by atoms with Crippen molar-refractivity contribution in [1.29, 1.82) is 0 Å². The molecular formula is C12H23N3. The minimum Gasteiger partial charge on any atom is -0.338 e. The molecule has 15 heavy (non-hydrogen) atoms. The van der Waals surface area contributed by atoms with Crippen LogP contribution in [0.3, 0.4) is 0 Å². The Morgan fingerprint density at radius 1 is 1.47 bits per heavy atom. The Morgan fingerprint density at radius 3 is 2.73 bits per heavy atom. The first-order valence-electron chi connectivity index (χ1n) is 5.72. The van der Waals surface area contributed by atoms with E-state index in [1.165, 1.54) is 12.2 Å². The first kappa shape index (κ1) is 12.2. The van der Waals surface area contributed by atoms with E-state index >= 15 is 0 Å². The Balaban J connectivity index is 2.45. The number of hydrogen-bond donors (Lipinski definition) is 1. The topological polar surface area (TPSA) is 29.9 Å². The van der Waals surface area contributed by atoms with Gasteiger partial charge in [-0.25, -0.2) is 4.98 Å². The van der Waals surface area contributed by atoms with Gasteiger partial charge in [-0.3, -0.25) is 0 Å². The van der Waals surface area contributed by atoms with Gasteiger partial charge in [-0.2, -0.15) is 0 Å². The van der Waals surface area contributed by atoms with Gasteiger partial charge in [0.15, 0.2) is 0 Å². The third kappa shape index (κ3) is 4.04. The molecule has 0 aliphatic carbocycles. The molecule has 0 radical (unpaired) electrons. The van der Waals surface area contributed by atoms with Crippen LogP contribution in [0.15, 0.2) is 12.4 Å². The molecule has 86 valence electrons. The van der Waals surface area contributed by atoms with Crippen molar-refractivity contribution < 1.29 is 0 Å². The molecule has 1 heterocycles. The molecule has 3 nitrogen and oxygen atoms in total. The maximum atomic E-state index is 4.37. The van der Waals surface area contributed by atoms with Crippen LogP contribution in [0.1, 0.15) is 33.0 Å². The Bertz CT molecular complexity index is 289. The highest BCUT2D eigenvalue weighted by molar-refractivity contribution is 4.95. The molecule has 0 bridgehead atoms. The molecule has 1 rings (SSSR count). The monoisotopic (exact) mass is 209 g/mol. The SMILES string of the molecule is CCNCCC(C)(C)Cc1nccn1C. The van der Waals surface area contributed by atoms with Crippen LogP contribution in [0, 0.1) is 5.41 Å². The zero-order valence-electron chi connectivity index (χ0n) is 10.4. The molecule has 0 saturated carbocycles. The van der Waals surface area contributed by atoms with E-state index in [9.17, 15) is 0 Å². The number of rotatable bonds is 6. The predicted molar refractivity (Wildman–Crippen MR) is 63.9 cm³/mol. The summed E-state index contributed by atoms with van der Waals surface area (Å²) in [5, 5.41) is 3.37. The molecule has 0 spiro atoms. The fraction of sp³-hybridized carbons (Fsp3) is 0.750. The van der Waals surface area contributed by atoms with E-state index in [-0.39, 0.29) is 0 Å². The number of aromatic nitrogens is 2. The number of hydrogen-bond acceptors (Lipinski definition) is 2. The average Bonchev–Trinajstić information content (AvgIpc) is 2.51. The van der Waals surface area contributed by atoms with E-state index < -0.39 is 0 Å². The first-order valence-corrected chi connectivity index (χ1v) is 5.72. The van der Waals surface area contributed by atoms with Gasteiger partial charge in [0.2, 0.25) is 0 Å². The van der Waals surface area contributed by atoms with E-state index in [2.05, 4.69) is 42.7 Å². The lowest BCUT2D eigenvalue weighted by molar-refractivity contribution is 0.317.